The van der Waals surface area contributed by atoms with Crippen molar-refractivity contribution in [1.82, 2.24) is 10.2 Å². The quantitative estimate of drug-likeness (QED) is 0.797. The Balaban J connectivity index is 1.76. The van der Waals surface area contributed by atoms with E-state index in [9.17, 15) is 0 Å². The lowest BCUT2D eigenvalue weighted by atomic mass is 10.0. The van der Waals surface area contributed by atoms with Crippen LogP contribution < -0.4 is 5.32 Å². The van der Waals surface area contributed by atoms with Crippen molar-refractivity contribution < 1.29 is 4.74 Å². The predicted octanol–water partition coefficient (Wildman–Crippen LogP) is 1.83. The summed E-state index contributed by atoms with van der Waals surface area (Å²) in [7, 11) is 0. The number of hydrogen-bond donors (Lipinski definition) is 1. The first-order valence-corrected chi connectivity index (χ1v) is 8.53. The molecule has 0 radical (unpaired) electrons. The molecule has 3 atom stereocenters. The van der Waals surface area contributed by atoms with Gasteiger partial charge in [-0.25, -0.2) is 0 Å². The first-order chi connectivity index (χ1) is 8.83. The largest absolute Gasteiger partial charge is 0.379 e. The fourth-order valence-electron chi connectivity index (χ4n) is 2.86. The van der Waals surface area contributed by atoms with Crippen LogP contribution in [0.1, 0.15) is 26.7 Å². The standard InChI is InChI=1S/C14H28N2OS/c1-3-5-15-14-11-17-10-12(14)8-16-6-7-18-13(4-2)9-16/h12-15H,3-11H2,1-2H3. The molecule has 2 heterocycles. The minimum absolute atomic E-state index is 0.583. The van der Waals surface area contributed by atoms with Gasteiger partial charge in [-0.15, -0.1) is 0 Å². The molecule has 0 aromatic carbocycles. The number of nitrogens with zero attached hydrogens (tertiary/aromatic N) is 1. The van der Waals surface area contributed by atoms with Gasteiger partial charge in [0.05, 0.1) is 13.2 Å². The molecule has 0 aromatic heterocycles. The van der Waals surface area contributed by atoms with Gasteiger partial charge in [0.1, 0.15) is 0 Å². The van der Waals surface area contributed by atoms with Gasteiger partial charge in [-0.05, 0) is 19.4 Å². The van der Waals surface area contributed by atoms with Crippen molar-refractivity contribution in [3.05, 3.63) is 0 Å². The molecule has 0 saturated carbocycles. The molecule has 4 heteroatoms. The molecule has 18 heavy (non-hydrogen) atoms. The molecule has 2 rings (SSSR count). The van der Waals surface area contributed by atoms with Gasteiger partial charge in [-0.2, -0.15) is 11.8 Å². The van der Waals surface area contributed by atoms with Gasteiger partial charge in [0.25, 0.3) is 0 Å². The Bertz CT molecular complexity index is 240. The van der Waals surface area contributed by atoms with Crippen molar-refractivity contribution in [1.29, 1.82) is 0 Å². The summed E-state index contributed by atoms with van der Waals surface area (Å²) in [5.41, 5.74) is 0. The van der Waals surface area contributed by atoms with Crippen molar-refractivity contribution in [2.24, 2.45) is 5.92 Å². The van der Waals surface area contributed by atoms with E-state index in [0.29, 0.717) is 12.0 Å². The van der Waals surface area contributed by atoms with E-state index in [2.05, 4.69) is 35.8 Å². The van der Waals surface area contributed by atoms with E-state index in [-0.39, 0.29) is 0 Å². The molecule has 0 amide bonds. The highest BCUT2D eigenvalue weighted by molar-refractivity contribution is 8.00. The predicted molar refractivity (Wildman–Crippen MR) is 79.4 cm³/mol. The fourth-order valence-corrected chi connectivity index (χ4v) is 4.11. The molecule has 0 aromatic rings. The molecule has 2 aliphatic rings. The second-order valence-corrected chi connectivity index (χ2v) is 6.93. The highest BCUT2D eigenvalue weighted by Crippen LogP contribution is 2.23. The van der Waals surface area contributed by atoms with Crippen LogP contribution in [0.25, 0.3) is 0 Å². The van der Waals surface area contributed by atoms with E-state index in [1.807, 2.05) is 0 Å². The van der Waals surface area contributed by atoms with Gasteiger partial charge in [-0.3, -0.25) is 0 Å². The zero-order valence-electron chi connectivity index (χ0n) is 11.9. The van der Waals surface area contributed by atoms with Crippen LogP contribution in [0.15, 0.2) is 0 Å². The van der Waals surface area contributed by atoms with Crippen molar-refractivity contribution in [3.8, 4) is 0 Å². The van der Waals surface area contributed by atoms with Crippen LogP contribution in [0, 0.1) is 5.92 Å². The van der Waals surface area contributed by atoms with Crippen molar-refractivity contribution in [3.63, 3.8) is 0 Å². The lowest BCUT2D eigenvalue weighted by Gasteiger charge is -2.34. The average molecular weight is 272 g/mol. The molecule has 2 saturated heterocycles. The van der Waals surface area contributed by atoms with Crippen LogP contribution in [-0.4, -0.2) is 61.3 Å². The maximum absolute atomic E-state index is 5.67. The minimum Gasteiger partial charge on any atom is -0.379 e. The number of nitrogens with one attached hydrogen (secondary N) is 1. The summed E-state index contributed by atoms with van der Waals surface area (Å²) in [5, 5.41) is 4.49. The molecule has 106 valence electrons. The van der Waals surface area contributed by atoms with Crippen LogP contribution in [0.5, 0.6) is 0 Å². The smallest absolute Gasteiger partial charge is 0.0623 e. The van der Waals surface area contributed by atoms with Gasteiger partial charge in [0, 0.05) is 42.6 Å². The lowest BCUT2D eigenvalue weighted by Crippen LogP contribution is -2.45. The molecule has 1 N–H and O–H groups in total. The Hall–Kier alpha value is 0.230. The molecule has 2 aliphatic heterocycles. The third-order valence-electron chi connectivity index (χ3n) is 4.03. The van der Waals surface area contributed by atoms with E-state index in [4.69, 9.17) is 4.74 Å². The summed E-state index contributed by atoms with van der Waals surface area (Å²) in [6, 6.07) is 0.583. The minimum atomic E-state index is 0.583. The fraction of sp³-hybridized carbons (Fsp3) is 1.00. The zero-order valence-corrected chi connectivity index (χ0v) is 12.7. The van der Waals surface area contributed by atoms with E-state index >= 15 is 0 Å². The second-order valence-electron chi connectivity index (χ2n) is 5.52. The van der Waals surface area contributed by atoms with E-state index in [0.717, 1.165) is 25.0 Å². The Labute approximate surface area is 116 Å². The summed E-state index contributed by atoms with van der Waals surface area (Å²) in [6.07, 6.45) is 2.52. The highest BCUT2D eigenvalue weighted by atomic mass is 32.2. The zero-order chi connectivity index (χ0) is 12.8. The van der Waals surface area contributed by atoms with Gasteiger partial charge >= 0.3 is 0 Å². The van der Waals surface area contributed by atoms with Gasteiger partial charge in [-0.1, -0.05) is 13.8 Å². The van der Waals surface area contributed by atoms with Crippen molar-refractivity contribution in [2.45, 2.75) is 38.0 Å². The van der Waals surface area contributed by atoms with Crippen LogP contribution >= 0.6 is 11.8 Å². The maximum Gasteiger partial charge on any atom is 0.0623 e. The van der Waals surface area contributed by atoms with Crippen molar-refractivity contribution in [2.75, 3.05) is 45.1 Å². The van der Waals surface area contributed by atoms with E-state index in [1.54, 1.807) is 0 Å². The maximum atomic E-state index is 5.67. The Morgan fingerprint density at radius 2 is 2.22 bits per heavy atom. The average Bonchev–Trinajstić information content (AvgIpc) is 2.84. The normalized spacial score (nSPS) is 34.0. The van der Waals surface area contributed by atoms with E-state index < -0.39 is 0 Å². The first-order valence-electron chi connectivity index (χ1n) is 7.48. The summed E-state index contributed by atoms with van der Waals surface area (Å²) >= 11 is 2.15. The molecule has 0 bridgehead atoms. The highest BCUT2D eigenvalue weighted by Gasteiger charge is 2.30. The van der Waals surface area contributed by atoms with Gasteiger partial charge in [0.15, 0.2) is 0 Å². The van der Waals surface area contributed by atoms with Crippen LogP contribution in [0.4, 0.5) is 0 Å². The summed E-state index contributed by atoms with van der Waals surface area (Å²) in [4.78, 5) is 2.66. The van der Waals surface area contributed by atoms with Crippen LogP contribution in [0.2, 0.25) is 0 Å². The Morgan fingerprint density at radius 1 is 1.33 bits per heavy atom. The topological polar surface area (TPSA) is 24.5 Å². The van der Waals surface area contributed by atoms with Crippen molar-refractivity contribution >= 4 is 11.8 Å². The molecular formula is C14H28N2OS. The van der Waals surface area contributed by atoms with Gasteiger partial charge in [0.2, 0.25) is 0 Å². The number of thioether (sulfide) groups is 1. The summed E-state index contributed by atoms with van der Waals surface area (Å²) < 4.78 is 5.67. The molecule has 3 nitrogen and oxygen atoms in total. The summed E-state index contributed by atoms with van der Waals surface area (Å²) in [5.74, 6) is 2.00. The molecular weight excluding hydrogens is 244 g/mol. The number of hydrogen-bond acceptors (Lipinski definition) is 4. The molecule has 3 unspecified atom stereocenters. The first kappa shape index (κ1) is 14.6. The second kappa shape index (κ2) is 7.73. The van der Waals surface area contributed by atoms with Gasteiger partial charge < -0.3 is 15.0 Å². The molecule has 0 aliphatic carbocycles. The third kappa shape index (κ3) is 4.12. The Kier molecular flexibility index (Phi) is 6.29. The summed E-state index contributed by atoms with van der Waals surface area (Å²) in [6.45, 7) is 11.3. The van der Waals surface area contributed by atoms with Crippen LogP contribution in [-0.2, 0) is 4.74 Å². The SMILES string of the molecule is CCCNC1COCC1CN1CCSC(CC)C1. The number of ether oxygens (including phenoxy) is 1. The number of rotatable bonds is 6. The molecule has 2 fully saturated rings. The lowest BCUT2D eigenvalue weighted by molar-refractivity contribution is 0.168. The van der Waals surface area contributed by atoms with E-state index in [1.165, 1.54) is 38.2 Å². The molecule has 0 spiro atoms. The Morgan fingerprint density at radius 3 is 3.00 bits per heavy atom. The monoisotopic (exact) mass is 272 g/mol. The van der Waals surface area contributed by atoms with Crippen LogP contribution in [0.3, 0.4) is 0 Å². The third-order valence-corrected chi connectivity index (χ3v) is 5.40.